The number of carbonyl (C=O) groups is 2. The summed E-state index contributed by atoms with van der Waals surface area (Å²) < 4.78 is 5.71. The third-order valence-corrected chi connectivity index (χ3v) is 6.95. The van der Waals surface area contributed by atoms with Crippen LogP contribution in [0.1, 0.15) is 41.6 Å². The van der Waals surface area contributed by atoms with Crippen molar-refractivity contribution < 1.29 is 14.3 Å². The number of benzene rings is 2. The van der Waals surface area contributed by atoms with Crippen molar-refractivity contribution in [1.29, 1.82) is 0 Å². The summed E-state index contributed by atoms with van der Waals surface area (Å²) in [4.78, 5) is 29.0. The number of fused-ring (bicyclic) bond motifs is 2. The highest BCUT2D eigenvalue weighted by atomic mass is 35.5. The van der Waals surface area contributed by atoms with Gasteiger partial charge in [0.05, 0.1) is 5.56 Å². The molecule has 2 aliphatic heterocycles. The molecule has 4 rings (SSSR count). The molecule has 0 aromatic heterocycles. The number of nitrogens with one attached hydrogen (secondary N) is 1. The molecule has 2 heterocycles. The van der Waals surface area contributed by atoms with Gasteiger partial charge in [0.25, 0.3) is 11.8 Å². The molecule has 1 N–H and O–H groups in total. The quantitative estimate of drug-likeness (QED) is 0.626. The van der Waals surface area contributed by atoms with Crippen LogP contribution in [0.3, 0.4) is 0 Å². The van der Waals surface area contributed by atoms with Crippen LogP contribution in [0, 0.1) is 0 Å². The molecule has 176 valence electrons. The maximum atomic E-state index is 12.6. The van der Waals surface area contributed by atoms with E-state index in [1.807, 2.05) is 12.1 Å². The smallest absolute Gasteiger partial charge is 0.258 e. The van der Waals surface area contributed by atoms with E-state index in [2.05, 4.69) is 22.3 Å². The van der Waals surface area contributed by atoms with Gasteiger partial charge in [-0.2, -0.15) is 0 Å². The van der Waals surface area contributed by atoms with Crippen molar-refractivity contribution in [1.82, 2.24) is 15.1 Å². The summed E-state index contributed by atoms with van der Waals surface area (Å²) in [7, 11) is 3.32. The highest BCUT2D eigenvalue weighted by Gasteiger charge is 2.40. The Labute approximate surface area is 204 Å². The standard InChI is InChI=1S/C25H29Cl2N3O3/c1-29(2)25(32)22-11-18(27)7-10-23(22)33-15-24(31)28-19-12-20-8-9-21(13-19)30(20)14-16-3-5-17(26)6-4-16/h3-7,10-11,19-21H,8-9,12-15H2,1-2H3,(H,28,31)/t19?,20-,21+. The van der Waals surface area contributed by atoms with Crippen LogP contribution in [0.15, 0.2) is 42.5 Å². The van der Waals surface area contributed by atoms with E-state index >= 15 is 0 Å². The van der Waals surface area contributed by atoms with Crippen molar-refractivity contribution >= 4 is 35.0 Å². The number of ether oxygens (including phenoxy) is 1. The second-order valence-corrected chi connectivity index (χ2v) is 9.92. The minimum atomic E-state index is -0.224. The molecule has 0 saturated carbocycles. The molecule has 2 aromatic carbocycles. The van der Waals surface area contributed by atoms with Crippen LogP contribution in [0.2, 0.25) is 10.0 Å². The van der Waals surface area contributed by atoms with Crippen LogP contribution in [-0.4, -0.2) is 60.4 Å². The van der Waals surface area contributed by atoms with E-state index in [9.17, 15) is 9.59 Å². The lowest BCUT2D eigenvalue weighted by molar-refractivity contribution is -0.124. The third kappa shape index (κ3) is 5.81. The van der Waals surface area contributed by atoms with Gasteiger partial charge in [-0.1, -0.05) is 35.3 Å². The first-order valence-electron chi connectivity index (χ1n) is 11.2. The molecule has 0 spiro atoms. The fourth-order valence-electron chi connectivity index (χ4n) is 4.90. The van der Waals surface area contributed by atoms with Gasteiger partial charge in [0, 0.05) is 48.8 Å². The van der Waals surface area contributed by atoms with E-state index in [0.717, 1.165) is 37.3 Å². The minimum Gasteiger partial charge on any atom is -0.483 e. The van der Waals surface area contributed by atoms with Gasteiger partial charge in [0.15, 0.2) is 6.61 Å². The van der Waals surface area contributed by atoms with Gasteiger partial charge in [-0.25, -0.2) is 0 Å². The topological polar surface area (TPSA) is 61.9 Å². The average Bonchev–Trinajstić information content (AvgIpc) is 3.01. The molecule has 33 heavy (non-hydrogen) atoms. The van der Waals surface area contributed by atoms with E-state index in [-0.39, 0.29) is 24.5 Å². The SMILES string of the molecule is CN(C)C(=O)c1cc(Cl)ccc1OCC(=O)NC1C[C@H]2CC[C@@H](C1)N2Cc1ccc(Cl)cc1. The highest BCUT2D eigenvalue weighted by molar-refractivity contribution is 6.31. The predicted molar refractivity (Wildman–Crippen MR) is 130 cm³/mol. The average molecular weight is 490 g/mol. The normalized spacial score (nSPS) is 22.1. The molecule has 8 heteroatoms. The van der Waals surface area contributed by atoms with Crippen LogP contribution in [0.25, 0.3) is 0 Å². The molecule has 2 aromatic rings. The largest absolute Gasteiger partial charge is 0.483 e. The van der Waals surface area contributed by atoms with Crippen LogP contribution in [0.5, 0.6) is 5.75 Å². The van der Waals surface area contributed by atoms with Crippen molar-refractivity contribution in [3.05, 3.63) is 63.6 Å². The van der Waals surface area contributed by atoms with Crippen molar-refractivity contribution in [2.75, 3.05) is 20.7 Å². The number of hydrogen-bond donors (Lipinski definition) is 1. The monoisotopic (exact) mass is 489 g/mol. The summed E-state index contributed by atoms with van der Waals surface area (Å²) in [5.74, 6) is -0.0487. The molecule has 6 nitrogen and oxygen atoms in total. The Morgan fingerprint density at radius 3 is 2.30 bits per heavy atom. The first-order chi connectivity index (χ1) is 15.8. The van der Waals surface area contributed by atoms with Crippen molar-refractivity contribution in [2.45, 2.75) is 50.4 Å². The first-order valence-corrected chi connectivity index (χ1v) is 12.0. The Morgan fingerprint density at radius 1 is 1.03 bits per heavy atom. The fraction of sp³-hybridized carbons (Fsp3) is 0.440. The zero-order valence-electron chi connectivity index (χ0n) is 18.9. The predicted octanol–water partition coefficient (Wildman–Crippen LogP) is 4.39. The second-order valence-electron chi connectivity index (χ2n) is 9.05. The molecule has 0 radical (unpaired) electrons. The van der Waals surface area contributed by atoms with Gasteiger partial charge in [0.2, 0.25) is 0 Å². The van der Waals surface area contributed by atoms with Crippen molar-refractivity contribution in [3.8, 4) is 5.75 Å². The molecule has 0 aliphatic carbocycles. The Kier molecular flexibility index (Phi) is 7.47. The number of piperidine rings is 1. The molecule has 2 fully saturated rings. The van der Waals surface area contributed by atoms with Crippen molar-refractivity contribution in [3.63, 3.8) is 0 Å². The van der Waals surface area contributed by atoms with Gasteiger partial charge in [-0.05, 0) is 61.6 Å². The number of amides is 2. The lowest BCUT2D eigenvalue weighted by Crippen LogP contribution is -2.50. The number of nitrogens with zero attached hydrogens (tertiary/aromatic N) is 2. The van der Waals surface area contributed by atoms with Crippen LogP contribution in [0.4, 0.5) is 0 Å². The molecule has 2 saturated heterocycles. The second kappa shape index (κ2) is 10.3. The molecule has 2 bridgehead atoms. The summed E-state index contributed by atoms with van der Waals surface area (Å²) in [5.41, 5.74) is 1.60. The third-order valence-electron chi connectivity index (χ3n) is 6.46. The summed E-state index contributed by atoms with van der Waals surface area (Å²) in [6.45, 7) is 0.769. The molecule has 1 unspecified atom stereocenters. The van der Waals surface area contributed by atoms with Gasteiger partial charge < -0.3 is 15.0 Å². The van der Waals surface area contributed by atoms with Crippen LogP contribution in [-0.2, 0) is 11.3 Å². The summed E-state index contributed by atoms with van der Waals surface area (Å²) >= 11 is 12.1. The summed E-state index contributed by atoms with van der Waals surface area (Å²) in [5, 5.41) is 4.33. The maximum Gasteiger partial charge on any atom is 0.258 e. The first kappa shape index (κ1) is 23.9. The van der Waals surface area contributed by atoms with Gasteiger partial charge >= 0.3 is 0 Å². The van der Waals surface area contributed by atoms with E-state index in [1.165, 1.54) is 10.5 Å². The van der Waals surface area contributed by atoms with Gasteiger partial charge in [0.1, 0.15) is 5.75 Å². The summed E-state index contributed by atoms with van der Waals surface area (Å²) in [6, 6.07) is 13.9. The Balaban J connectivity index is 1.31. The minimum absolute atomic E-state index is 0.133. The zero-order valence-corrected chi connectivity index (χ0v) is 20.4. The number of halogens is 2. The highest BCUT2D eigenvalue weighted by Crippen LogP contribution is 2.37. The van der Waals surface area contributed by atoms with E-state index in [1.54, 1.807) is 32.3 Å². The van der Waals surface area contributed by atoms with Crippen molar-refractivity contribution in [2.24, 2.45) is 0 Å². The molecule has 2 amide bonds. The lowest BCUT2D eigenvalue weighted by Gasteiger charge is -2.39. The van der Waals surface area contributed by atoms with E-state index < -0.39 is 0 Å². The number of hydrogen-bond acceptors (Lipinski definition) is 4. The van der Waals surface area contributed by atoms with Gasteiger partial charge in [-0.3, -0.25) is 14.5 Å². The van der Waals surface area contributed by atoms with Crippen LogP contribution >= 0.6 is 23.2 Å². The van der Waals surface area contributed by atoms with Crippen LogP contribution < -0.4 is 10.1 Å². The van der Waals surface area contributed by atoms with Gasteiger partial charge in [-0.15, -0.1) is 0 Å². The molecular weight excluding hydrogens is 461 g/mol. The Hall–Kier alpha value is -2.28. The molecular formula is C25H29Cl2N3O3. The fourth-order valence-corrected chi connectivity index (χ4v) is 5.20. The molecule has 2 aliphatic rings. The Bertz CT molecular complexity index is 998. The van der Waals surface area contributed by atoms with E-state index in [0.29, 0.717) is 28.4 Å². The number of carbonyl (C=O) groups excluding carboxylic acids is 2. The number of rotatable bonds is 7. The molecule has 3 atom stereocenters. The summed E-state index contributed by atoms with van der Waals surface area (Å²) in [6.07, 6.45) is 4.17. The Morgan fingerprint density at radius 2 is 1.67 bits per heavy atom. The maximum absolute atomic E-state index is 12.6. The lowest BCUT2D eigenvalue weighted by atomic mass is 9.96. The zero-order chi connectivity index (χ0) is 23.5. The van der Waals surface area contributed by atoms with E-state index in [4.69, 9.17) is 27.9 Å².